The van der Waals surface area contributed by atoms with Gasteiger partial charge in [0.25, 0.3) is 5.91 Å². The Balaban J connectivity index is 1.62. The molecule has 4 unspecified atom stereocenters. The highest BCUT2D eigenvalue weighted by atomic mass is 16.4. The summed E-state index contributed by atoms with van der Waals surface area (Å²) in [6.07, 6.45) is -7.67. The fraction of sp³-hybridized carbons (Fsp3) is 0.318. The van der Waals surface area contributed by atoms with Crippen LogP contribution < -0.4 is 10.6 Å². The molecule has 0 aliphatic heterocycles. The van der Waals surface area contributed by atoms with Crippen molar-refractivity contribution in [1.29, 1.82) is 0 Å². The van der Waals surface area contributed by atoms with Crippen molar-refractivity contribution in [1.82, 2.24) is 5.32 Å². The van der Waals surface area contributed by atoms with Crippen LogP contribution in [0.4, 0.5) is 5.69 Å². The van der Waals surface area contributed by atoms with E-state index >= 15 is 0 Å². The summed E-state index contributed by atoms with van der Waals surface area (Å²) in [5.74, 6) is -1.55. The quantitative estimate of drug-likeness (QED) is 0.192. The molecule has 0 radical (unpaired) electrons. The smallest absolute Gasteiger partial charge is 0.251 e. The average Bonchev–Trinajstić information content (AvgIpc) is 2.82. The number of fused-ring (bicyclic) bond motifs is 2. The Morgan fingerprint density at radius 2 is 1.44 bits per heavy atom. The van der Waals surface area contributed by atoms with Crippen LogP contribution in [0.5, 0.6) is 0 Å². The molecule has 0 bridgehead atoms. The Labute approximate surface area is 183 Å². The highest BCUT2D eigenvalue weighted by Gasteiger charge is 2.34. The van der Waals surface area contributed by atoms with Crippen molar-refractivity contribution >= 4 is 23.2 Å². The second-order valence-electron chi connectivity index (χ2n) is 7.33. The van der Waals surface area contributed by atoms with Crippen molar-refractivity contribution in [2.24, 2.45) is 0 Å². The minimum Gasteiger partial charge on any atom is -0.394 e. The number of carbonyl (C=O) groups is 3. The van der Waals surface area contributed by atoms with Crippen LogP contribution in [0.25, 0.3) is 0 Å². The normalized spacial score (nSPS) is 16.4. The first-order valence-electron chi connectivity index (χ1n) is 9.94. The maximum atomic E-state index is 12.9. The van der Waals surface area contributed by atoms with Crippen molar-refractivity contribution < 1.29 is 39.9 Å². The van der Waals surface area contributed by atoms with E-state index in [-0.39, 0.29) is 35.8 Å². The molecule has 2 aromatic rings. The molecule has 4 atom stereocenters. The van der Waals surface area contributed by atoms with Crippen molar-refractivity contribution in [2.45, 2.75) is 24.4 Å². The number of benzene rings is 2. The van der Waals surface area contributed by atoms with Crippen LogP contribution in [0.2, 0.25) is 0 Å². The Morgan fingerprint density at radius 1 is 0.812 bits per heavy atom. The van der Waals surface area contributed by atoms with Crippen molar-refractivity contribution in [3.63, 3.8) is 0 Å². The lowest BCUT2D eigenvalue weighted by Crippen LogP contribution is -2.52. The van der Waals surface area contributed by atoms with Crippen LogP contribution >= 0.6 is 0 Å². The zero-order chi connectivity index (χ0) is 23.4. The van der Waals surface area contributed by atoms with Gasteiger partial charge in [-0.05, 0) is 6.07 Å². The maximum absolute atomic E-state index is 12.9. The third kappa shape index (κ3) is 4.54. The fourth-order valence-corrected chi connectivity index (χ4v) is 3.46. The van der Waals surface area contributed by atoms with Crippen LogP contribution in [0, 0.1) is 0 Å². The molecular weight excluding hydrogens is 420 g/mol. The summed E-state index contributed by atoms with van der Waals surface area (Å²) in [5.41, 5.74) is 1.58. The SMILES string of the molecule is O=C1c2ccccc2C(=O)c2c(NCCNC(=O)C(O)C(O)C(O)C(O)CO)cccc21. The topological polar surface area (TPSA) is 176 Å². The Hall–Kier alpha value is -3.15. The molecular formula is C22H24N2O8. The van der Waals surface area contributed by atoms with E-state index in [0.29, 0.717) is 16.8 Å². The lowest BCUT2D eigenvalue weighted by atomic mass is 9.83. The van der Waals surface area contributed by atoms with Crippen molar-refractivity contribution in [3.05, 3.63) is 64.7 Å². The molecule has 1 amide bonds. The summed E-state index contributed by atoms with van der Waals surface area (Å²) < 4.78 is 0. The zero-order valence-electron chi connectivity index (χ0n) is 16.9. The van der Waals surface area contributed by atoms with E-state index in [2.05, 4.69) is 10.6 Å². The van der Waals surface area contributed by atoms with E-state index in [1.54, 1.807) is 42.5 Å². The van der Waals surface area contributed by atoms with Gasteiger partial charge in [-0.1, -0.05) is 36.4 Å². The van der Waals surface area contributed by atoms with E-state index in [9.17, 15) is 34.8 Å². The van der Waals surface area contributed by atoms with E-state index in [0.717, 1.165) is 0 Å². The summed E-state index contributed by atoms with van der Waals surface area (Å²) >= 11 is 0. The van der Waals surface area contributed by atoms with Gasteiger partial charge in [0.05, 0.1) is 12.2 Å². The molecule has 10 heteroatoms. The Morgan fingerprint density at radius 3 is 2.09 bits per heavy atom. The van der Waals surface area contributed by atoms with E-state index in [1.165, 1.54) is 0 Å². The second-order valence-corrected chi connectivity index (χ2v) is 7.33. The highest BCUT2D eigenvalue weighted by molar-refractivity contribution is 6.30. The Kier molecular flexibility index (Phi) is 7.33. The highest BCUT2D eigenvalue weighted by Crippen LogP contribution is 2.31. The number of ketones is 2. The monoisotopic (exact) mass is 444 g/mol. The van der Waals surface area contributed by atoms with Crippen LogP contribution in [0.15, 0.2) is 42.5 Å². The largest absolute Gasteiger partial charge is 0.394 e. The number of carbonyl (C=O) groups excluding carboxylic acids is 3. The predicted molar refractivity (Wildman–Crippen MR) is 112 cm³/mol. The third-order valence-corrected chi connectivity index (χ3v) is 5.22. The molecule has 1 aliphatic carbocycles. The van der Waals surface area contributed by atoms with Crippen LogP contribution in [0.1, 0.15) is 31.8 Å². The number of aliphatic hydroxyl groups is 5. The summed E-state index contributed by atoms with van der Waals surface area (Å²) in [7, 11) is 0. The van der Waals surface area contributed by atoms with Crippen molar-refractivity contribution in [2.75, 3.05) is 25.0 Å². The summed E-state index contributed by atoms with van der Waals surface area (Å²) in [6.45, 7) is -0.761. The lowest BCUT2D eigenvalue weighted by Gasteiger charge is -2.25. The molecule has 7 N–H and O–H groups in total. The maximum Gasteiger partial charge on any atom is 0.251 e. The minimum absolute atomic E-state index is 0.0242. The van der Waals surface area contributed by atoms with E-state index in [1.807, 2.05) is 0 Å². The minimum atomic E-state index is -2.04. The van der Waals surface area contributed by atoms with Gasteiger partial charge in [-0.3, -0.25) is 14.4 Å². The van der Waals surface area contributed by atoms with Crippen LogP contribution in [0.3, 0.4) is 0 Å². The standard InChI is InChI=1S/C22H24N2O8/c25-10-15(26)19(29)20(30)21(31)22(32)24-9-8-23-14-7-3-6-13-16(14)18(28)12-5-2-1-4-11(12)17(13)27/h1-7,15,19-21,23,25-26,29-31H,8-10H2,(H,24,32). The molecule has 0 heterocycles. The first-order chi connectivity index (χ1) is 15.3. The third-order valence-electron chi connectivity index (χ3n) is 5.22. The van der Waals surface area contributed by atoms with Gasteiger partial charge in [0.15, 0.2) is 17.7 Å². The summed E-state index contributed by atoms with van der Waals surface area (Å²) in [4.78, 5) is 37.7. The molecule has 170 valence electrons. The Bertz CT molecular complexity index is 1020. The molecule has 0 aromatic heterocycles. The van der Waals surface area contributed by atoms with Gasteiger partial charge in [0.2, 0.25) is 0 Å². The molecule has 0 saturated carbocycles. The van der Waals surface area contributed by atoms with Gasteiger partial charge in [-0.25, -0.2) is 0 Å². The number of anilines is 1. The summed E-state index contributed by atoms with van der Waals surface area (Å²) in [6, 6.07) is 11.4. The molecule has 0 fully saturated rings. The van der Waals surface area contributed by atoms with Gasteiger partial charge in [-0.2, -0.15) is 0 Å². The van der Waals surface area contributed by atoms with Gasteiger partial charge in [-0.15, -0.1) is 0 Å². The number of amides is 1. The lowest BCUT2D eigenvalue weighted by molar-refractivity contribution is -0.148. The van der Waals surface area contributed by atoms with Crippen LogP contribution in [-0.4, -0.2) is 87.1 Å². The molecule has 0 spiro atoms. The van der Waals surface area contributed by atoms with Gasteiger partial charge < -0.3 is 36.2 Å². The molecule has 2 aromatic carbocycles. The number of rotatable bonds is 9. The number of hydrogen-bond donors (Lipinski definition) is 7. The van der Waals surface area contributed by atoms with Gasteiger partial charge in [0.1, 0.15) is 18.3 Å². The number of nitrogens with one attached hydrogen (secondary N) is 2. The van der Waals surface area contributed by atoms with Crippen molar-refractivity contribution in [3.8, 4) is 0 Å². The molecule has 1 aliphatic rings. The second kappa shape index (κ2) is 9.98. The number of hydrogen-bond acceptors (Lipinski definition) is 9. The molecule has 10 nitrogen and oxygen atoms in total. The number of aliphatic hydroxyl groups excluding tert-OH is 5. The van der Waals surface area contributed by atoms with Gasteiger partial charge >= 0.3 is 0 Å². The molecule has 0 saturated heterocycles. The zero-order valence-corrected chi connectivity index (χ0v) is 16.9. The summed E-state index contributed by atoms with van der Waals surface area (Å²) in [5, 5.41) is 52.5. The average molecular weight is 444 g/mol. The molecule has 3 rings (SSSR count). The van der Waals surface area contributed by atoms with Crippen LogP contribution in [-0.2, 0) is 4.79 Å². The van der Waals surface area contributed by atoms with Gasteiger partial charge in [0, 0.05) is 35.5 Å². The molecule has 32 heavy (non-hydrogen) atoms. The first-order valence-corrected chi connectivity index (χ1v) is 9.94. The fourth-order valence-electron chi connectivity index (χ4n) is 3.46. The predicted octanol–water partition coefficient (Wildman–Crippen LogP) is -1.57. The van der Waals surface area contributed by atoms with E-state index in [4.69, 9.17) is 5.11 Å². The first kappa shape index (κ1) is 23.5. The van der Waals surface area contributed by atoms with E-state index < -0.39 is 36.9 Å².